The highest BCUT2D eigenvalue weighted by molar-refractivity contribution is 4.84. The summed E-state index contributed by atoms with van der Waals surface area (Å²) < 4.78 is 23.2. The first-order valence-corrected chi connectivity index (χ1v) is 7.36. The minimum absolute atomic E-state index is 0.127. The van der Waals surface area contributed by atoms with Gasteiger partial charge in [0.15, 0.2) is 0 Å². The molecule has 0 N–H and O–H groups in total. The third-order valence-corrected chi connectivity index (χ3v) is 3.61. The normalized spacial score (nSPS) is 22.3. The van der Waals surface area contributed by atoms with Crippen molar-refractivity contribution < 1.29 is 18.9 Å². The Morgan fingerprint density at radius 1 is 0.913 bits per heavy atom. The lowest BCUT2D eigenvalue weighted by Gasteiger charge is -2.13. The van der Waals surface area contributed by atoms with Gasteiger partial charge in [0, 0.05) is 7.11 Å². The summed E-state index contributed by atoms with van der Waals surface area (Å²) in [4.78, 5) is 37.2. The van der Waals surface area contributed by atoms with Gasteiger partial charge >= 0.3 is 17.1 Å². The molecule has 3 rings (SSSR count). The third-order valence-electron chi connectivity index (χ3n) is 3.61. The van der Waals surface area contributed by atoms with E-state index in [1.54, 1.807) is 0 Å². The molecule has 1 aromatic rings. The maximum absolute atomic E-state index is 12.4. The van der Waals surface area contributed by atoms with Gasteiger partial charge in [0.05, 0.1) is 51.7 Å². The Bertz CT molecular complexity index is 674. The van der Waals surface area contributed by atoms with Gasteiger partial charge in [0.2, 0.25) is 0 Å². The van der Waals surface area contributed by atoms with E-state index in [-0.39, 0.29) is 38.6 Å². The summed E-state index contributed by atoms with van der Waals surface area (Å²) in [5.41, 5.74) is -2.03. The van der Waals surface area contributed by atoms with Crippen LogP contribution in [0.4, 0.5) is 0 Å². The van der Waals surface area contributed by atoms with Crippen molar-refractivity contribution in [1.82, 2.24) is 13.7 Å². The molecule has 128 valence electrons. The van der Waals surface area contributed by atoms with Crippen LogP contribution in [0.2, 0.25) is 0 Å². The van der Waals surface area contributed by atoms with E-state index in [9.17, 15) is 14.4 Å². The number of epoxide rings is 2. The number of methoxy groups -OCH3 is 1. The number of ether oxygens (including phenoxy) is 4. The summed E-state index contributed by atoms with van der Waals surface area (Å²) in [6.45, 7) is 1.59. The van der Waals surface area contributed by atoms with Crippen molar-refractivity contribution in [2.45, 2.75) is 32.0 Å². The van der Waals surface area contributed by atoms with Gasteiger partial charge in [-0.2, -0.15) is 0 Å². The Labute approximate surface area is 130 Å². The lowest BCUT2D eigenvalue weighted by Crippen LogP contribution is -2.55. The summed E-state index contributed by atoms with van der Waals surface area (Å²) in [5.74, 6) is 0. The molecular weight excluding hydrogens is 310 g/mol. The molecule has 2 atom stereocenters. The standard InChI is InChI=1S/C13H19N3O7/c1-20-2-3-21-8-16-12(18)14(4-9-6-22-9)11(17)15(13(16)19)5-10-7-23-10/h9-10H,2-8H2,1H3. The molecule has 0 spiro atoms. The van der Waals surface area contributed by atoms with E-state index in [2.05, 4.69) is 0 Å². The van der Waals surface area contributed by atoms with Gasteiger partial charge < -0.3 is 18.9 Å². The molecule has 2 aliphatic rings. The minimum Gasteiger partial charge on any atom is -0.382 e. The van der Waals surface area contributed by atoms with Gasteiger partial charge in [-0.1, -0.05) is 0 Å². The van der Waals surface area contributed by atoms with Crippen LogP contribution in [0.1, 0.15) is 0 Å². The molecule has 0 radical (unpaired) electrons. The minimum atomic E-state index is -0.694. The first-order chi connectivity index (χ1) is 11.1. The summed E-state index contributed by atoms with van der Waals surface area (Å²) in [5, 5.41) is 0. The summed E-state index contributed by atoms with van der Waals surface area (Å²) in [6, 6.07) is 0. The zero-order chi connectivity index (χ0) is 16.4. The number of nitrogens with zero attached hydrogens (tertiary/aromatic N) is 3. The van der Waals surface area contributed by atoms with Crippen molar-refractivity contribution >= 4 is 0 Å². The van der Waals surface area contributed by atoms with Crippen LogP contribution in [0.15, 0.2) is 14.4 Å². The largest absolute Gasteiger partial charge is 0.382 e. The second kappa shape index (κ2) is 6.79. The van der Waals surface area contributed by atoms with Gasteiger partial charge in [0.1, 0.15) is 6.73 Å². The van der Waals surface area contributed by atoms with Crippen LogP contribution >= 0.6 is 0 Å². The fourth-order valence-electron chi connectivity index (χ4n) is 2.16. The van der Waals surface area contributed by atoms with Crippen LogP contribution < -0.4 is 17.1 Å². The predicted molar refractivity (Wildman–Crippen MR) is 76.5 cm³/mol. The number of rotatable bonds is 9. The second-order valence-electron chi connectivity index (χ2n) is 5.44. The van der Waals surface area contributed by atoms with Crippen LogP contribution in [0.3, 0.4) is 0 Å². The fraction of sp³-hybridized carbons (Fsp3) is 0.769. The Morgan fingerprint density at radius 3 is 1.83 bits per heavy atom. The zero-order valence-corrected chi connectivity index (χ0v) is 12.8. The molecule has 23 heavy (non-hydrogen) atoms. The highest BCUT2D eigenvalue weighted by Gasteiger charge is 2.29. The monoisotopic (exact) mass is 329 g/mol. The van der Waals surface area contributed by atoms with Crippen molar-refractivity contribution in [2.75, 3.05) is 33.5 Å². The van der Waals surface area contributed by atoms with E-state index in [0.29, 0.717) is 19.8 Å². The van der Waals surface area contributed by atoms with E-state index in [4.69, 9.17) is 18.9 Å². The van der Waals surface area contributed by atoms with Gasteiger partial charge in [-0.15, -0.1) is 0 Å². The quantitative estimate of drug-likeness (QED) is 0.366. The third kappa shape index (κ3) is 3.78. The smallest absolute Gasteiger partial charge is 0.338 e. The van der Waals surface area contributed by atoms with Gasteiger partial charge in [-0.05, 0) is 0 Å². The summed E-state index contributed by atoms with van der Waals surface area (Å²) in [7, 11) is 1.52. The van der Waals surface area contributed by atoms with Crippen LogP contribution in [-0.2, 0) is 38.8 Å². The Kier molecular flexibility index (Phi) is 4.76. The molecule has 0 saturated carbocycles. The van der Waals surface area contributed by atoms with Crippen molar-refractivity contribution in [3.05, 3.63) is 31.5 Å². The predicted octanol–water partition coefficient (Wildman–Crippen LogP) is -2.41. The molecule has 2 fully saturated rings. The molecular formula is C13H19N3O7. The molecule has 0 aliphatic carbocycles. The molecule has 10 nitrogen and oxygen atoms in total. The lowest BCUT2D eigenvalue weighted by molar-refractivity contribution is 0.0281. The highest BCUT2D eigenvalue weighted by atomic mass is 16.6. The van der Waals surface area contributed by atoms with E-state index in [1.807, 2.05) is 0 Å². The van der Waals surface area contributed by atoms with E-state index in [1.165, 1.54) is 7.11 Å². The number of hydrogen-bond donors (Lipinski definition) is 0. The molecule has 0 aromatic carbocycles. The molecule has 2 saturated heterocycles. The molecule has 1 aromatic heterocycles. The Morgan fingerprint density at radius 2 is 1.39 bits per heavy atom. The maximum atomic E-state index is 12.4. The van der Waals surface area contributed by atoms with Gasteiger partial charge in [-0.25, -0.2) is 28.1 Å². The van der Waals surface area contributed by atoms with Crippen LogP contribution in [0, 0.1) is 0 Å². The lowest BCUT2D eigenvalue weighted by atomic mass is 10.4. The maximum Gasteiger partial charge on any atom is 0.338 e. The highest BCUT2D eigenvalue weighted by Crippen LogP contribution is 2.10. The molecule has 2 unspecified atom stereocenters. The summed E-state index contributed by atoms with van der Waals surface area (Å²) in [6.07, 6.45) is -0.322. The van der Waals surface area contributed by atoms with Crippen molar-refractivity contribution in [3.63, 3.8) is 0 Å². The van der Waals surface area contributed by atoms with Gasteiger partial charge in [-0.3, -0.25) is 0 Å². The van der Waals surface area contributed by atoms with Crippen molar-refractivity contribution in [2.24, 2.45) is 0 Å². The van der Waals surface area contributed by atoms with Crippen molar-refractivity contribution in [3.8, 4) is 0 Å². The SMILES string of the molecule is COCCOCn1c(=O)n(CC2CO2)c(=O)n(CC2CO2)c1=O. The molecule has 3 heterocycles. The first kappa shape index (κ1) is 16.1. The van der Waals surface area contributed by atoms with Gasteiger partial charge in [0.25, 0.3) is 0 Å². The molecule has 0 bridgehead atoms. The Hall–Kier alpha value is -1.75. The zero-order valence-electron chi connectivity index (χ0n) is 12.8. The molecule has 2 aliphatic heterocycles. The fourth-order valence-corrected chi connectivity index (χ4v) is 2.16. The van der Waals surface area contributed by atoms with E-state index < -0.39 is 17.1 Å². The molecule has 10 heteroatoms. The van der Waals surface area contributed by atoms with E-state index in [0.717, 1.165) is 13.7 Å². The number of aromatic nitrogens is 3. The van der Waals surface area contributed by atoms with E-state index >= 15 is 0 Å². The Balaban J connectivity index is 1.92. The van der Waals surface area contributed by atoms with Crippen LogP contribution in [0.5, 0.6) is 0 Å². The van der Waals surface area contributed by atoms with Crippen LogP contribution in [-0.4, -0.2) is 59.4 Å². The average Bonchev–Trinajstić information content (AvgIpc) is 3.43. The topological polar surface area (TPSA) is 110 Å². The first-order valence-electron chi connectivity index (χ1n) is 7.36. The average molecular weight is 329 g/mol. The second-order valence-corrected chi connectivity index (χ2v) is 5.44. The number of hydrogen-bond acceptors (Lipinski definition) is 7. The van der Waals surface area contributed by atoms with Crippen LogP contribution in [0.25, 0.3) is 0 Å². The van der Waals surface area contributed by atoms with Crippen molar-refractivity contribution in [1.29, 1.82) is 0 Å². The molecule has 0 amide bonds. The summed E-state index contributed by atoms with van der Waals surface area (Å²) >= 11 is 0.